The van der Waals surface area contributed by atoms with Gasteiger partial charge in [-0.15, -0.1) is 0 Å². The van der Waals surface area contributed by atoms with Gasteiger partial charge in [-0.1, -0.05) is 69.6 Å². The van der Waals surface area contributed by atoms with E-state index in [1.807, 2.05) is 48.5 Å². The third-order valence-corrected chi connectivity index (χ3v) is 7.00. The Kier molecular flexibility index (Phi) is 7.19. The molecule has 1 fully saturated rings. The molecule has 1 N–H and O–H groups in total. The molecule has 164 valence electrons. The van der Waals surface area contributed by atoms with Crippen molar-refractivity contribution < 1.29 is 9.59 Å². The Morgan fingerprint density at radius 2 is 1.73 bits per heavy atom. The zero-order valence-corrected chi connectivity index (χ0v) is 20.3. The van der Waals surface area contributed by atoms with Crippen LogP contribution in [-0.4, -0.2) is 17.1 Å². The maximum absolute atomic E-state index is 13.4. The number of rotatable bonds is 5. The van der Waals surface area contributed by atoms with E-state index in [9.17, 15) is 14.9 Å². The molecule has 0 aromatic heterocycles. The second-order valence-corrected chi connectivity index (χ2v) is 9.74. The molecule has 0 aliphatic carbocycles. The number of carbonyl (C=O) groups excluding carboxylic acids is 2. The van der Waals surface area contributed by atoms with Crippen molar-refractivity contribution in [1.82, 2.24) is 0 Å². The second kappa shape index (κ2) is 10.3. The molecule has 3 aromatic carbocycles. The molecular formula is C25H17BrClN3O2S. The SMILES string of the molecule is N#C/C(C(=O)Nc1ccc(Cl)cc1)=C1/S[C@H](Cc2ccccc2)C(=O)N1c1ccc(Br)cc1. The lowest BCUT2D eigenvalue weighted by Gasteiger charge is -2.19. The summed E-state index contributed by atoms with van der Waals surface area (Å²) in [7, 11) is 0. The minimum atomic E-state index is -0.586. The summed E-state index contributed by atoms with van der Waals surface area (Å²) in [5, 5.41) is 13.0. The normalized spacial score (nSPS) is 16.9. The summed E-state index contributed by atoms with van der Waals surface area (Å²) in [5.74, 6) is -0.759. The minimum Gasteiger partial charge on any atom is -0.321 e. The molecule has 1 heterocycles. The molecule has 4 rings (SSSR count). The Bertz CT molecular complexity index is 1260. The van der Waals surface area contributed by atoms with Gasteiger partial charge in [0, 0.05) is 20.9 Å². The highest BCUT2D eigenvalue weighted by atomic mass is 79.9. The average molecular weight is 539 g/mol. The number of nitriles is 1. The molecule has 1 aliphatic heterocycles. The van der Waals surface area contributed by atoms with Gasteiger partial charge in [0.2, 0.25) is 5.91 Å². The van der Waals surface area contributed by atoms with Crippen molar-refractivity contribution >= 4 is 62.5 Å². The predicted octanol–water partition coefficient (Wildman–Crippen LogP) is 6.17. The van der Waals surface area contributed by atoms with Gasteiger partial charge in [0.15, 0.2) is 0 Å². The van der Waals surface area contributed by atoms with Gasteiger partial charge in [-0.25, -0.2) is 0 Å². The monoisotopic (exact) mass is 537 g/mol. The summed E-state index contributed by atoms with van der Waals surface area (Å²) >= 11 is 10.5. The number of amides is 2. The van der Waals surface area contributed by atoms with Gasteiger partial charge in [-0.3, -0.25) is 14.5 Å². The topological polar surface area (TPSA) is 73.2 Å². The number of hydrogen-bond acceptors (Lipinski definition) is 4. The molecule has 0 saturated carbocycles. The van der Waals surface area contributed by atoms with Crippen LogP contribution >= 0.6 is 39.3 Å². The fourth-order valence-corrected chi connectivity index (χ4v) is 5.07. The highest BCUT2D eigenvalue weighted by Gasteiger charge is 2.40. The summed E-state index contributed by atoms with van der Waals surface area (Å²) in [6, 6.07) is 25.5. The molecule has 0 spiro atoms. The van der Waals surface area contributed by atoms with Gasteiger partial charge in [0.05, 0.1) is 5.25 Å². The fourth-order valence-electron chi connectivity index (χ4n) is 3.37. The van der Waals surface area contributed by atoms with Crippen LogP contribution in [0.1, 0.15) is 5.56 Å². The first kappa shape index (κ1) is 23.1. The number of thioether (sulfide) groups is 1. The first-order valence-electron chi connectivity index (χ1n) is 9.97. The largest absolute Gasteiger partial charge is 0.321 e. The lowest BCUT2D eigenvalue weighted by molar-refractivity contribution is -0.117. The lowest BCUT2D eigenvalue weighted by atomic mass is 10.1. The number of anilines is 2. The minimum absolute atomic E-state index is 0.123. The third kappa shape index (κ3) is 5.31. The molecule has 0 unspecified atom stereocenters. The molecule has 3 aromatic rings. The van der Waals surface area contributed by atoms with Crippen molar-refractivity contribution in [3.63, 3.8) is 0 Å². The Morgan fingerprint density at radius 3 is 2.36 bits per heavy atom. The summed E-state index contributed by atoms with van der Waals surface area (Å²) in [4.78, 5) is 27.9. The smallest absolute Gasteiger partial charge is 0.269 e. The van der Waals surface area contributed by atoms with Crippen LogP contribution in [0, 0.1) is 11.3 Å². The van der Waals surface area contributed by atoms with Crippen molar-refractivity contribution in [3.8, 4) is 6.07 Å². The van der Waals surface area contributed by atoms with Crippen LogP contribution in [0.2, 0.25) is 5.02 Å². The fraction of sp³-hybridized carbons (Fsp3) is 0.0800. The highest BCUT2D eigenvalue weighted by Crippen LogP contribution is 2.42. The molecule has 1 aliphatic rings. The van der Waals surface area contributed by atoms with E-state index in [0.717, 1.165) is 10.0 Å². The molecule has 0 radical (unpaired) electrons. The number of halogens is 2. The van der Waals surface area contributed by atoms with Crippen molar-refractivity contribution in [2.24, 2.45) is 0 Å². The number of carbonyl (C=O) groups is 2. The predicted molar refractivity (Wildman–Crippen MR) is 136 cm³/mol. The van der Waals surface area contributed by atoms with Crippen LogP contribution in [0.25, 0.3) is 0 Å². The van der Waals surface area contributed by atoms with Crippen LogP contribution in [0.3, 0.4) is 0 Å². The van der Waals surface area contributed by atoms with Crippen LogP contribution in [0.5, 0.6) is 0 Å². The average Bonchev–Trinajstić information content (AvgIpc) is 3.12. The van der Waals surface area contributed by atoms with Crippen LogP contribution < -0.4 is 10.2 Å². The second-order valence-electron chi connectivity index (χ2n) is 7.20. The van der Waals surface area contributed by atoms with Crippen molar-refractivity contribution in [2.75, 3.05) is 10.2 Å². The van der Waals surface area contributed by atoms with Gasteiger partial charge in [-0.05, 0) is 60.5 Å². The van der Waals surface area contributed by atoms with Gasteiger partial charge in [0.1, 0.15) is 16.7 Å². The zero-order valence-electron chi connectivity index (χ0n) is 17.2. The van der Waals surface area contributed by atoms with Crippen molar-refractivity contribution in [1.29, 1.82) is 5.26 Å². The van der Waals surface area contributed by atoms with Crippen LogP contribution in [-0.2, 0) is 16.0 Å². The quantitative estimate of drug-likeness (QED) is 0.312. The summed E-state index contributed by atoms with van der Waals surface area (Å²) in [6.45, 7) is 0. The highest BCUT2D eigenvalue weighted by molar-refractivity contribution is 9.10. The molecular weight excluding hydrogens is 522 g/mol. The third-order valence-electron chi connectivity index (χ3n) is 4.96. The Labute approximate surface area is 209 Å². The van der Waals surface area contributed by atoms with E-state index in [0.29, 0.717) is 27.8 Å². The molecule has 8 heteroatoms. The first-order valence-corrected chi connectivity index (χ1v) is 12.0. The molecule has 33 heavy (non-hydrogen) atoms. The Morgan fingerprint density at radius 1 is 1.06 bits per heavy atom. The maximum Gasteiger partial charge on any atom is 0.269 e. The summed E-state index contributed by atoms with van der Waals surface area (Å²) < 4.78 is 0.859. The van der Waals surface area contributed by atoms with Gasteiger partial charge >= 0.3 is 0 Å². The first-order chi connectivity index (χ1) is 16.0. The maximum atomic E-state index is 13.4. The number of nitrogens with zero attached hydrogens (tertiary/aromatic N) is 2. The molecule has 5 nitrogen and oxygen atoms in total. The number of hydrogen-bond donors (Lipinski definition) is 1. The zero-order chi connectivity index (χ0) is 23.4. The summed E-state index contributed by atoms with van der Waals surface area (Å²) in [5.41, 5.74) is 1.97. The lowest BCUT2D eigenvalue weighted by Crippen LogP contribution is -2.30. The molecule has 2 amide bonds. The van der Waals surface area contributed by atoms with E-state index < -0.39 is 11.2 Å². The van der Waals surface area contributed by atoms with Gasteiger partial charge in [0.25, 0.3) is 5.91 Å². The van der Waals surface area contributed by atoms with E-state index in [1.54, 1.807) is 36.4 Å². The van der Waals surface area contributed by atoms with Crippen molar-refractivity contribution in [3.05, 3.63) is 105 Å². The van der Waals surface area contributed by atoms with Crippen LogP contribution in [0.15, 0.2) is 93.9 Å². The van der Waals surface area contributed by atoms with E-state index >= 15 is 0 Å². The molecule has 1 saturated heterocycles. The number of benzene rings is 3. The Balaban J connectivity index is 1.72. The van der Waals surface area contributed by atoms with Gasteiger partial charge < -0.3 is 5.32 Å². The Hall–Kier alpha value is -3.05. The summed E-state index contributed by atoms with van der Waals surface area (Å²) in [6.07, 6.45) is 0.485. The molecule has 1 atom stereocenters. The van der Waals surface area contributed by atoms with E-state index in [4.69, 9.17) is 11.6 Å². The molecule has 0 bridgehead atoms. The standard InChI is InChI=1S/C25H17BrClN3O2S/c26-17-6-12-20(13-7-17)30-24(32)22(14-16-4-2-1-3-5-16)33-25(30)21(15-28)23(31)29-19-10-8-18(27)9-11-19/h1-13,22H,14H2,(H,29,31)/b25-21-/t22-/m1/s1. The van der Waals surface area contributed by atoms with E-state index in [-0.39, 0.29) is 11.5 Å². The van der Waals surface area contributed by atoms with Crippen molar-refractivity contribution in [2.45, 2.75) is 11.7 Å². The van der Waals surface area contributed by atoms with E-state index in [1.165, 1.54) is 16.7 Å². The van der Waals surface area contributed by atoms with Crippen LogP contribution in [0.4, 0.5) is 11.4 Å². The number of nitrogens with one attached hydrogen (secondary N) is 1. The van der Waals surface area contributed by atoms with E-state index in [2.05, 4.69) is 21.2 Å². The van der Waals surface area contributed by atoms with Gasteiger partial charge in [-0.2, -0.15) is 5.26 Å².